The van der Waals surface area contributed by atoms with Crippen molar-refractivity contribution in [3.63, 3.8) is 0 Å². The molecule has 2 N–H and O–H groups in total. The molecule has 2 aromatic rings. The summed E-state index contributed by atoms with van der Waals surface area (Å²) in [4.78, 5) is 13.0. The van der Waals surface area contributed by atoms with Gasteiger partial charge in [-0.3, -0.25) is 0 Å². The summed E-state index contributed by atoms with van der Waals surface area (Å²) in [5.74, 6) is -0.736. The van der Waals surface area contributed by atoms with Crippen LogP contribution in [0.5, 0.6) is 0 Å². The zero-order chi connectivity index (χ0) is 14.5. The fourth-order valence-corrected chi connectivity index (χ4v) is 2.01. The number of carboxylic acid groups (broad SMARTS) is 1. The molecule has 0 bridgehead atoms. The third-order valence-electron chi connectivity index (χ3n) is 3.08. The zero-order valence-electron chi connectivity index (χ0n) is 11.6. The Hall–Kier alpha value is -2.43. The molecule has 1 heterocycles. The second-order valence-electron chi connectivity index (χ2n) is 4.31. The molecule has 0 saturated carbocycles. The minimum Gasteiger partial charge on any atom is -0.475 e. The van der Waals surface area contributed by atoms with Gasteiger partial charge >= 0.3 is 5.97 Å². The maximum Gasteiger partial charge on any atom is 0.371 e. The van der Waals surface area contributed by atoms with E-state index in [2.05, 4.69) is 24.1 Å². The Labute approximate surface area is 117 Å². The van der Waals surface area contributed by atoms with Crippen molar-refractivity contribution in [2.24, 2.45) is 0 Å². The molecule has 0 unspecified atom stereocenters. The average Bonchev–Trinajstić information content (AvgIpc) is 2.91. The van der Waals surface area contributed by atoms with Crippen LogP contribution in [0.1, 0.15) is 24.4 Å². The van der Waals surface area contributed by atoms with Crippen LogP contribution in [-0.2, 0) is 0 Å². The van der Waals surface area contributed by atoms with E-state index in [1.54, 1.807) is 6.07 Å². The minimum atomic E-state index is -1.07. The van der Waals surface area contributed by atoms with Gasteiger partial charge in [0, 0.05) is 30.5 Å². The van der Waals surface area contributed by atoms with Crippen molar-refractivity contribution in [1.82, 2.24) is 0 Å². The van der Waals surface area contributed by atoms with Gasteiger partial charge in [-0.25, -0.2) is 4.79 Å². The van der Waals surface area contributed by atoms with Crippen molar-refractivity contribution in [1.29, 1.82) is 0 Å². The first-order chi connectivity index (χ1) is 9.63. The number of rotatable bonds is 6. The molecule has 20 heavy (non-hydrogen) atoms. The SMILES string of the molecule is CCN(CC)c1ccc(Nc2ccc(C(=O)O)o2)cc1. The Morgan fingerprint density at radius 2 is 1.80 bits per heavy atom. The van der Waals surface area contributed by atoms with E-state index in [1.165, 1.54) is 6.07 Å². The molecular weight excluding hydrogens is 256 g/mol. The summed E-state index contributed by atoms with van der Waals surface area (Å²) >= 11 is 0. The highest BCUT2D eigenvalue weighted by Gasteiger charge is 2.09. The van der Waals surface area contributed by atoms with E-state index < -0.39 is 5.97 Å². The van der Waals surface area contributed by atoms with E-state index in [9.17, 15) is 4.79 Å². The Morgan fingerprint density at radius 3 is 2.30 bits per heavy atom. The zero-order valence-corrected chi connectivity index (χ0v) is 11.6. The van der Waals surface area contributed by atoms with E-state index in [1.807, 2.05) is 24.3 Å². The van der Waals surface area contributed by atoms with Gasteiger partial charge in [-0.15, -0.1) is 0 Å². The molecule has 0 aliphatic rings. The predicted octanol–water partition coefficient (Wildman–Crippen LogP) is 3.57. The van der Waals surface area contributed by atoms with Crippen molar-refractivity contribution in [3.05, 3.63) is 42.2 Å². The van der Waals surface area contributed by atoms with Crippen LogP contribution in [0.3, 0.4) is 0 Å². The molecule has 0 atom stereocenters. The average molecular weight is 274 g/mol. The molecule has 1 aromatic carbocycles. The normalized spacial score (nSPS) is 10.3. The molecule has 0 saturated heterocycles. The van der Waals surface area contributed by atoms with Crippen molar-refractivity contribution in [3.8, 4) is 0 Å². The van der Waals surface area contributed by atoms with Crippen LogP contribution >= 0.6 is 0 Å². The molecule has 106 valence electrons. The molecule has 0 fully saturated rings. The molecule has 0 amide bonds. The number of nitrogens with zero attached hydrogens (tertiary/aromatic N) is 1. The fraction of sp³-hybridized carbons (Fsp3) is 0.267. The number of benzene rings is 1. The van der Waals surface area contributed by atoms with E-state index in [0.717, 1.165) is 24.5 Å². The van der Waals surface area contributed by atoms with Gasteiger partial charge in [0.15, 0.2) is 5.88 Å². The first-order valence-corrected chi connectivity index (χ1v) is 6.59. The number of carbonyl (C=O) groups is 1. The summed E-state index contributed by atoms with van der Waals surface area (Å²) in [7, 11) is 0. The van der Waals surface area contributed by atoms with Crippen LogP contribution in [0.15, 0.2) is 40.8 Å². The number of carboxylic acids is 1. The standard InChI is InChI=1S/C15H18N2O3/c1-3-17(4-2)12-7-5-11(6-8-12)16-14-10-9-13(20-14)15(18)19/h5-10,16H,3-4H2,1-2H3,(H,18,19). The highest BCUT2D eigenvalue weighted by Crippen LogP contribution is 2.22. The van der Waals surface area contributed by atoms with Gasteiger partial charge in [-0.05, 0) is 44.2 Å². The number of hydrogen-bond donors (Lipinski definition) is 2. The van der Waals surface area contributed by atoms with Crippen LogP contribution in [0.4, 0.5) is 17.3 Å². The second kappa shape index (κ2) is 6.14. The lowest BCUT2D eigenvalue weighted by atomic mass is 10.2. The molecule has 0 aliphatic heterocycles. The Balaban J connectivity index is 2.08. The maximum atomic E-state index is 10.7. The van der Waals surface area contributed by atoms with Crippen LogP contribution in [-0.4, -0.2) is 24.2 Å². The van der Waals surface area contributed by atoms with Crippen LogP contribution in [0, 0.1) is 0 Å². The van der Waals surface area contributed by atoms with Gasteiger partial charge in [0.1, 0.15) is 0 Å². The van der Waals surface area contributed by atoms with Crippen molar-refractivity contribution >= 4 is 23.2 Å². The molecule has 1 aromatic heterocycles. The lowest BCUT2D eigenvalue weighted by molar-refractivity contribution is 0.0663. The molecule has 0 radical (unpaired) electrons. The van der Waals surface area contributed by atoms with Gasteiger partial charge in [0.25, 0.3) is 0 Å². The Morgan fingerprint density at radius 1 is 1.15 bits per heavy atom. The monoisotopic (exact) mass is 274 g/mol. The van der Waals surface area contributed by atoms with Gasteiger partial charge in [-0.2, -0.15) is 0 Å². The molecule has 0 aliphatic carbocycles. The summed E-state index contributed by atoms with van der Waals surface area (Å²) in [6.07, 6.45) is 0. The maximum absolute atomic E-state index is 10.7. The lowest BCUT2D eigenvalue weighted by Crippen LogP contribution is -2.21. The van der Waals surface area contributed by atoms with Crippen molar-refractivity contribution < 1.29 is 14.3 Å². The third-order valence-corrected chi connectivity index (χ3v) is 3.08. The third kappa shape index (κ3) is 3.12. The summed E-state index contributed by atoms with van der Waals surface area (Å²) in [5.41, 5.74) is 2.01. The van der Waals surface area contributed by atoms with Crippen LogP contribution < -0.4 is 10.2 Å². The Kier molecular flexibility index (Phi) is 4.30. The summed E-state index contributed by atoms with van der Waals surface area (Å²) in [5, 5.41) is 11.8. The van der Waals surface area contributed by atoms with Crippen molar-refractivity contribution in [2.45, 2.75) is 13.8 Å². The highest BCUT2D eigenvalue weighted by molar-refractivity contribution is 5.85. The van der Waals surface area contributed by atoms with Crippen LogP contribution in [0.25, 0.3) is 0 Å². The summed E-state index contributed by atoms with van der Waals surface area (Å²) in [6.45, 7) is 6.16. The van der Waals surface area contributed by atoms with E-state index >= 15 is 0 Å². The predicted molar refractivity (Wildman–Crippen MR) is 79.0 cm³/mol. The van der Waals surface area contributed by atoms with Gasteiger partial charge in [0.2, 0.25) is 5.76 Å². The smallest absolute Gasteiger partial charge is 0.371 e. The van der Waals surface area contributed by atoms with E-state index in [-0.39, 0.29) is 5.76 Å². The van der Waals surface area contributed by atoms with Crippen LogP contribution in [0.2, 0.25) is 0 Å². The van der Waals surface area contributed by atoms with E-state index in [0.29, 0.717) is 5.88 Å². The number of nitrogens with one attached hydrogen (secondary N) is 1. The largest absolute Gasteiger partial charge is 0.475 e. The van der Waals surface area contributed by atoms with E-state index in [4.69, 9.17) is 9.52 Å². The molecular formula is C15H18N2O3. The number of hydrogen-bond acceptors (Lipinski definition) is 4. The van der Waals surface area contributed by atoms with Crippen molar-refractivity contribution in [2.75, 3.05) is 23.3 Å². The Bertz CT molecular complexity index is 571. The summed E-state index contributed by atoms with van der Waals surface area (Å²) in [6, 6.07) is 11.0. The first-order valence-electron chi connectivity index (χ1n) is 6.59. The van der Waals surface area contributed by atoms with Gasteiger partial charge in [0.05, 0.1) is 0 Å². The molecule has 5 heteroatoms. The fourth-order valence-electron chi connectivity index (χ4n) is 2.01. The molecule has 2 rings (SSSR count). The minimum absolute atomic E-state index is 0.0766. The summed E-state index contributed by atoms with van der Waals surface area (Å²) < 4.78 is 5.15. The lowest BCUT2D eigenvalue weighted by Gasteiger charge is -2.21. The van der Waals surface area contributed by atoms with Gasteiger partial charge in [-0.1, -0.05) is 0 Å². The first kappa shape index (κ1) is 14.0. The second-order valence-corrected chi connectivity index (χ2v) is 4.31. The molecule has 0 spiro atoms. The number of furan rings is 1. The number of anilines is 3. The quantitative estimate of drug-likeness (QED) is 0.843. The molecule has 5 nitrogen and oxygen atoms in total. The topological polar surface area (TPSA) is 65.7 Å². The van der Waals surface area contributed by atoms with Gasteiger partial charge < -0.3 is 19.7 Å². The number of aromatic carboxylic acids is 1. The highest BCUT2D eigenvalue weighted by atomic mass is 16.4.